The van der Waals surface area contributed by atoms with Crippen molar-refractivity contribution < 1.29 is 27.4 Å². The van der Waals surface area contributed by atoms with Crippen LogP contribution in [0, 0.1) is 0 Å². The van der Waals surface area contributed by atoms with E-state index in [0.29, 0.717) is 23.0 Å². The highest BCUT2D eigenvalue weighted by Gasteiger charge is 2.32. The monoisotopic (exact) mass is 324 g/mol. The van der Waals surface area contributed by atoms with Crippen molar-refractivity contribution in [1.29, 1.82) is 0 Å². The minimum absolute atomic E-state index is 0.00705. The third-order valence-electron chi connectivity index (χ3n) is 2.89. The van der Waals surface area contributed by atoms with E-state index in [-0.39, 0.29) is 11.9 Å². The summed E-state index contributed by atoms with van der Waals surface area (Å²) < 4.78 is 47.2. The zero-order chi connectivity index (χ0) is 17.0. The standard InChI is InChI=1S/C17H15F3O3/c1-11(2)22-15-7-6-14(9-16(15)23-17(18,19)20)13-5-3-4-12(8-13)10-21/h3-11H,1-2H3. The van der Waals surface area contributed by atoms with Gasteiger partial charge in [-0.3, -0.25) is 4.79 Å². The smallest absolute Gasteiger partial charge is 0.487 e. The molecule has 0 aliphatic rings. The molecule has 0 saturated heterocycles. The van der Waals surface area contributed by atoms with Crippen molar-refractivity contribution in [2.24, 2.45) is 0 Å². The number of carbonyl (C=O) groups is 1. The van der Waals surface area contributed by atoms with Gasteiger partial charge in [-0.05, 0) is 43.2 Å². The van der Waals surface area contributed by atoms with Crippen LogP contribution < -0.4 is 9.47 Å². The Morgan fingerprint density at radius 3 is 2.30 bits per heavy atom. The first-order valence-corrected chi connectivity index (χ1v) is 6.90. The van der Waals surface area contributed by atoms with Crippen molar-refractivity contribution in [3.63, 3.8) is 0 Å². The molecule has 2 rings (SSSR count). The molecule has 0 spiro atoms. The highest BCUT2D eigenvalue weighted by atomic mass is 19.4. The van der Waals surface area contributed by atoms with Crippen molar-refractivity contribution in [2.75, 3.05) is 0 Å². The van der Waals surface area contributed by atoms with Gasteiger partial charge in [0.1, 0.15) is 6.29 Å². The molecule has 0 aliphatic heterocycles. The molecule has 6 heteroatoms. The van der Waals surface area contributed by atoms with Crippen LogP contribution in [0.1, 0.15) is 24.2 Å². The van der Waals surface area contributed by atoms with Gasteiger partial charge >= 0.3 is 6.36 Å². The van der Waals surface area contributed by atoms with Crippen molar-refractivity contribution in [3.8, 4) is 22.6 Å². The van der Waals surface area contributed by atoms with Crippen LogP contribution in [0.3, 0.4) is 0 Å². The Bertz CT molecular complexity index is 694. The fourth-order valence-corrected chi connectivity index (χ4v) is 2.03. The molecular weight excluding hydrogens is 309 g/mol. The van der Waals surface area contributed by atoms with Crippen LogP contribution in [-0.2, 0) is 0 Å². The Morgan fingerprint density at radius 1 is 1.00 bits per heavy atom. The molecule has 0 heterocycles. The minimum atomic E-state index is -4.82. The molecule has 2 aromatic carbocycles. The fraction of sp³-hybridized carbons (Fsp3) is 0.235. The lowest BCUT2D eigenvalue weighted by Crippen LogP contribution is -2.18. The van der Waals surface area contributed by atoms with Gasteiger partial charge in [0.05, 0.1) is 6.10 Å². The summed E-state index contributed by atoms with van der Waals surface area (Å²) in [5.74, 6) is -0.409. The van der Waals surface area contributed by atoms with Crippen LogP contribution in [0.15, 0.2) is 42.5 Å². The van der Waals surface area contributed by atoms with E-state index in [2.05, 4.69) is 4.74 Å². The summed E-state index contributed by atoms with van der Waals surface area (Å²) in [6, 6.07) is 10.8. The van der Waals surface area contributed by atoms with E-state index in [9.17, 15) is 18.0 Å². The highest BCUT2D eigenvalue weighted by Crippen LogP contribution is 2.36. The number of aldehydes is 1. The topological polar surface area (TPSA) is 35.5 Å². The first-order chi connectivity index (χ1) is 10.8. The maximum Gasteiger partial charge on any atom is 0.573 e. The molecule has 3 nitrogen and oxygen atoms in total. The Balaban J connectivity index is 2.45. The Kier molecular flexibility index (Phi) is 4.93. The zero-order valence-electron chi connectivity index (χ0n) is 12.6. The van der Waals surface area contributed by atoms with Crippen molar-refractivity contribution >= 4 is 6.29 Å². The van der Waals surface area contributed by atoms with Crippen molar-refractivity contribution in [3.05, 3.63) is 48.0 Å². The summed E-state index contributed by atoms with van der Waals surface area (Å²) in [5.41, 5.74) is 1.53. The predicted octanol–water partition coefficient (Wildman–Crippen LogP) is 4.85. The molecule has 122 valence electrons. The maximum atomic E-state index is 12.6. The van der Waals surface area contributed by atoms with Crippen molar-refractivity contribution in [1.82, 2.24) is 0 Å². The quantitative estimate of drug-likeness (QED) is 0.737. The second-order valence-electron chi connectivity index (χ2n) is 5.12. The van der Waals surface area contributed by atoms with Crippen LogP contribution in [0.4, 0.5) is 13.2 Å². The van der Waals surface area contributed by atoms with Crippen LogP contribution in [-0.4, -0.2) is 18.8 Å². The molecule has 0 atom stereocenters. The van der Waals surface area contributed by atoms with E-state index in [1.54, 1.807) is 44.2 Å². The van der Waals surface area contributed by atoms with Gasteiger partial charge in [-0.25, -0.2) is 0 Å². The largest absolute Gasteiger partial charge is 0.573 e. The summed E-state index contributed by atoms with van der Waals surface area (Å²) >= 11 is 0. The Labute approximate surface area is 131 Å². The molecule has 0 aliphatic carbocycles. The Hall–Kier alpha value is -2.50. The normalized spacial score (nSPS) is 11.4. The SMILES string of the molecule is CC(C)Oc1ccc(-c2cccc(C=O)c2)cc1OC(F)(F)F. The van der Waals surface area contributed by atoms with Gasteiger partial charge in [-0.15, -0.1) is 13.2 Å². The van der Waals surface area contributed by atoms with Gasteiger partial charge in [-0.1, -0.05) is 24.3 Å². The third kappa shape index (κ3) is 4.74. The summed E-state index contributed by atoms with van der Waals surface area (Å²) in [6.45, 7) is 3.41. The predicted molar refractivity (Wildman–Crippen MR) is 79.7 cm³/mol. The van der Waals surface area contributed by atoms with Crippen LogP contribution in [0.25, 0.3) is 11.1 Å². The van der Waals surface area contributed by atoms with Crippen LogP contribution in [0.5, 0.6) is 11.5 Å². The molecule has 0 aromatic heterocycles. The number of alkyl halides is 3. The van der Waals surface area contributed by atoms with E-state index in [4.69, 9.17) is 4.74 Å². The van der Waals surface area contributed by atoms with Gasteiger partial charge in [0.15, 0.2) is 11.5 Å². The van der Waals surface area contributed by atoms with E-state index in [1.807, 2.05) is 0 Å². The third-order valence-corrected chi connectivity index (χ3v) is 2.89. The number of halogens is 3. The maximum absolute atomic E-state index is 12.6. The van der Waals surface area contributed by atoms with Gasteiger partial charge in [0.25, 0.3) is 0 Å². The lowest BCUT2D eigenvalue weighted by atomic mass is 10.0. The zero-order valence-corrected chi connectivity index (χ0v) is 12.6. The number of carbonyl (C=O) groups excluding carboxylic acids is 1. The first kappa shape index (κ1) is 16.9. The molecule has 0 unspecified atom stereocenters. The highest BCUT2D eigenvalue weighted by molar-refractivity contribution is 5.79. The summed E-state index contributed by atoms with van der Waals surface area (Å²) in [6.07, 6.45) is -4.44. The second kappa shape index (κ2) is 6.73. The van der Waals surface area contributed by atoms with Crippen LogP contribution in [0.2, 0.25) is 0 Å². The molecule has 0 amide bonds. The molecule has 0 radical (unpaired) electrons. The average molecular weight is 324 g/mol. The fourth-order valence-electron chi connectivity index (χ4n) is 2.03. The average Bonchev–Trinajstić information content (AvgIpc) is 2.47. The van der Waals surface area contributed by atoms with E-state index in [0.717, 1.165) is 0 Å². The molecule has 0 N–H and O–H groups in total. The summed E-state index contributed by atoms with van der Waals surface area (Å²) in [7, 11) is 0. The molecular formula is C17H15F3O3. The molecule has 0 saturated carbocycles. The van der Waals surface area contributed by atoms with E-state index < -0.39 is 12.1 Å². The number of benzene rings is 2. The number of ether oxygens (including phenoxy) is 2. The van der Waals surface area contributed by atoms with Gasteiger partial charge in [-0.2, -0.15) is 0 Å². The number of hydrogen-bond donors (Lipinski definition) is 0. The van der Waals surface area contributed by atoms with Crippen molar-refractivity contribution in [2.45, 2.75) is 26.3 Å². The molecule has 2 aromatic rings. The summed E-state index contributed by atoms with van der Waals surface area (Å²) in [4.78, 5) is 10.8. The van der Waals surface area contributed by atoms with Gasteiger partial charge < -0.3 is 9.47 Å². The van der Waals surface area contributed by atoms with Crippen LogP contribution >= 0.6 is 0 Å². The molecule has 0 bridgehead atoms. The minimum Gasteiger partial charge on any atom is -0.487 e. The molecule has 23 heavy (non-hydrogen) atoms. The summed E-state index contributed by atoms with van der Waals surface area (Å²) in [5, 5.41) is 0. The Morgan fingerprint density at radius 2 is 1.70 bits per heavy atom. The van der Waals surface area contributed by atoms with Gasteiger partial charge in [0, 0.05) is 5.56 Å². The molecule has 0 fully saturated rings. The lowest BCUT2D eigenvalue weighted by molar-refractivity contribution is -0.275. The lowest BCUT2D eigenvalue weighted by Gasteiger charge is -2.17. The number of rotatable bonds is 5. The second-order valence-corrected chi connectivity index (χ2v) is 5.12. The first-order valence-electron chi connectivity index (χ1n) is 6.90. The van der Waals surface area contributed by atoms with E-state index >= 15 is 0 Å². The van der Waals surface area contributed by atoms with Gasteiger partial charge in [0.2, 0.25) is 0 Å². The van der Waals surface area contributed by atoms with E-state index in [1.165, 1.54) is 12.1 Å². The number of hydrogen-bond acceptors (Lipinski definition) is 3.